The standard InChI is InChI=1S/C50H91N8O24P/c1-4-79-83(73,74)80-22-10-6-5-8-19-54-48(72)34(13-7-9-18-51-37(63)14-11-15-38(64)52-20-23-75-25-27-77-49-42(56-32(2)61)46(70)44(68)35(30-59)81-49)58-41(67)29-55-40(66)17-12-16-39(65)53-21-24-76-26-28-78-50-43(57-33(3)62)47(71)45(69)36(31-60)82-50/h34-36,42-47,49-50,59-60,68-71H,4-31H2,1-3H3,(H,51,63)(H,52,64)(H,53,65)(H,54,72)(H,55,66)(H,56,61)(H,57,62)(H,58,67)(H,73,74)/t34-,35?,36?,42?,43?,44?,45?,46?,47?,49?,50?/m0/s1. The number of phosphoric acid groups is 1. The van der Waals surface area contributed by atoms with E-state index in [1.54, 1.807) is 6.92 Å². The molecule has 2 aliphatic rings. The molecule has 0 aliphatic carbocycles. The third kappa shape index (κ3) is 32.5. The van der Waals surface area contributed by atoms with Crippen molar-refractivity contribution in [2.45, 2.75) is 172 Å². The zero-order valence-electron chi connectivity index (χ0n) is 47.7. The average Bonchev–Trinajstić information content (AvgIpc) is 3.64. The van der Waals surface area contributed by atoms with Crippen LogP contribution in [-0.4, -0.2) is 249 Å². The Hall–Kier alpha value is -4.61. The molecule has 2 heterocycles. The van der Waals surface area contributed by atoms with Gasteiger partial charge in [0.25, 0.3) is 0 Å². The second kappa shape index (κ2) is 43.1. The Morgan fingerprint density at radius 3 is 1.42 bits per heavy atom. The lowest BCUT2D eigenvalue weighted by atomic mass is 9.97. The van der Waals surface area contributed by atoms with Crippen LogP contribution in [-0.2, 0) is 80.4 Å². The van der Waals surface area contributed by atoms with E-state index in [4.69, 9.17) is 32.9 Å². The van der Waals surface area contributed by atoms with Gasteiger partial charge in [-0.05, 0) is 51.9 Å². The minimum atomic E-state index is -4.09. The van der Waals surface area contributed by atoms with Crippen molar-refractivity contribution in [1.29, 1.82) is 0 Å². The van der Waals surface area contributed by atoms with Crippen LogP contribution < -0.4 is 42.5 Å². The van der Waals surface area contributed by atoms with Crippen LogP contribution in [0.25, 0.3) is 0 Å². The van der Waals surface area contributed by atoms with Crippen LogP contribution in [0, 0.1) is 0 Å². The van der Waals surface area contributed by atoms with E-state index in [0.29, 0.717) is 38.5 Å². The van der Waals surface area contributed by atoms with Gasteiger partial charge < -0.3 is 106 Å². The van der Waals surface area contributed by atoms with Gasteiger partial charge in [0.1, 0.15) is 54.7 Å². The van der Waals surface area contributed by atoms with Crippen molar-refractivity contribution in [1.82, 2.24) is 42.5 Å². The van der Waals surface area contributed by atoms with E-state index < -0.39 is 124 Å². The second-order valence-corrected chi connectivity index (χ2v) is 20.9. The van der Waals surface area contributed by atoms with Crippen LogP contribution in [0.3, 0.4) is 0 Å². The average molecular weight is 1220 g/mol. The van der Waals surface area contributed by atoms with E-state index in [-0.39, 0.29) is 142 Å². The smallest absolute Gasteiger partial charge is 0.394 e. The molecule has 0 bridgehead atoms. The molecule has 0 aromatic carbocycles. The number of ether oxygens (including phenoxy) is 6. The normalized spacial score (nSPS) is 23.4. The number of nitrogens with one attached hydrogen (secondary N) is 8. The Balaban J connectivity index is 1.68. The first-order valence-electron chi connectivity index (χ1n) is 28.1. The predicted molar refractivity (Wildman–Crippen MR) is 289 cm³/mol. The summed E-state index contributed by atoms with van der Waals surface area (Å²) in [6.45, 7) is 3.46. The molecule has 33 heteroatoms. The lowest BCUT2D eigenvalue weighted by Crippen LogP contribution is -2.64. The maximum absolute atomic E-state index is 13.3. The summed E-state index contributed by atoms with van der Waals surface area (Å²) >= 11 is 0. The molecular weight excluding hydrogens is 1130 g/mol. The van der Waals surface area contributed by atoms with Gasteiger partial charge in [-0.2, -0.15) is 0 Å². The summed E-state index contributed by atoms with van der Waals surface area (Å²) in [5, 5.41) is 80.8. The molecule has 12 atom stereocenters. The molecule has 0 saturated carbocycles. The van der Waals surface area contributed by atoms with Crippen molar-refractivity contribution in [2.24, 2.45) is 0 Å². The van der Waals surface area contributed by atoms with Crippen LogP contribution in [0.1, 0.15) is 104 Å². The topological polar surface area (TPSA) is 465 Å². The molecule has 2 fully saturated rings. The number of hydrogen-bond acceptors (Lipinski definition) is 23. The van der Waals surface area contributed by atoms with E-state index >= 15 is 0 Å². The van der Waals surface area contributed by atoms with Crippen LogP contribution in [0.5, 0.6) is 0 Å². The first-order valence-corrected chi connectivity index (χ1v) is 29.6. The zero-order chi connectivity index (χ0) is 61.6. The monoisotopic (exact) mass is 1220 g/mol. The SMILES string of the molecule is CCOP(=O)(O)OCCCCCCNC(=O)[C@H](CCCCNC(=O)CCCC(=O)NCCOCCOC1OC(CO)C(O)C(O)C1NC(C)=O)NC(=O)CNC(=O)CCCC(=O)NCCOCCOC1OC(CO)C(O)C(O)C1NC(C)=O. The molecule has 15 N–H and O–H groups in total. The molecule has 8 amide bonds. The van der Waals surface area contributed by atoms with Crippen molar-refractivity contribution < 1.29 is 116 Å². The summed E-state index contributed by atoms with van der Waals surface area (Å²) in [6.07, 6.45) is -6.54. The van der Waals surface area contributed by atoms with Gasteiger partial charge in [-0.1, -0.05) is 12.8 Å². The molecule has 0 radical (unpaired) electrons. The minimum absolute atomic E-state index is 0.00369. The number of hydrogen-bond donors (Lipinski definition) is 15. The van der Waals surface area contributed by atoms with Crippen molar-refractivity contribution in [2.75, 3.05) is 98.8 Å². The number of rotatable bonds is 45. The summed E-state index contributed by atoms with van der Waals surface area (Å²) in [4.78, 5) is 109. The highest BCUT2D eigenvalue weighted by Crippen LogP contribution is 2.43. The van der Waals surface area contributed by atoms with Gasteiger partial charge in [-0.15, -0.1) is 0 Å². The first kappa shape index (κ1) is 74.5. The van der Waals surface area contributed by atoms with Gasteiger partial charge in [-0.3, -0.25) is 47.4 Å². The van der Waals surface area contributed by atoms with Crippen molar-refractivity contribution in [3.63, 3.8) is 0 Å². The maximum atomic E-state index is 13.3. The molecular formula is C50H91N8O24P. The van der Waals surface area contributed by atoms with Crippen LogP contribution in [0.4, 0.5) is 0 Å². The molecule has 0 aromatic rings. The number of amides is 8. The van der Waals surface area contributed by atoms with E-state index in [1.165, 1.54) is 13.8 Å². The van der Waals surface area contributed by atoms with E-state index in [2.05, 4.69) is 47.1 Å². The number of unbranched alkanes of at least 4 members (excludes halogenated alkanes) is 4. The molecule has 480 valence electrons. The van der Waals surface area contributed by atoms with Crippen LogP contribution in [0.2, 0.25) is 0 Å². The van der Waals surface area contributed by atoms with Crippen molar-refractivity contribution in [3.05, 3.63) is 0 Å². The molecule has 0 aromatic heterocycles. The molecule has 2 saturated heterocycles. The highest BCUT2D eigenvalue weighted by Gasteiger charge is 2.46. The largest absolute Gasteiger partial charge is 0.472 e. The molecule has 2 aliphatic heterocycles. The quantitative estimate of drug-likeness (QED) is 0.0201. The van der Waals surface area contributed by atoms with Gasteiger partial charge in [0.15, 0.2) is 12.6 Å². The lowest BCUT2D eigenvalue weighted by Gasteiger charge is -2.42. The Bertz CT molecular complexity index is 1990. The summed E-state index contributed by atoms with van der Waals surface area (Å²) < 4.78 is 54.2. The molecule has 2 rings (SSSR count). The molecule has 11 unspecified atom stereocenters. The van der Waals surface area contributed by atoms with Gasteiger partial charge in [0, 0.05) is 65.7 Å². The fraction of sp³-hybridized carbons (Fsp3) is 0.840. The highest BCUT2D eigenvalue weighted by atomic mass is 31.2. The van der Waals surface area contributed by atoms with Crippen LogP contribution in [0.15, 0.2) is 0 Å². The molecule has 0 spiro atoms. The summed E-state index contributed by atoms with van der Waals surface area (Å²) in [7, 11) is -4.09. The predicted octanol–water partition coefficient (Wildman–Crippen LogP) is -4.77. The van der Waals surface area contributed by atoms with Gasteiger partial charge in [0.05, 0.1) is 72.6 Å². The third-order valence-electron chi connectivity index (χ3n) is 12.5. The first-order chi connectivity index (χ1) is 39.6. The fourth-order valence-corrected chi connectivity index (χ4v) is 9.02. The van der Waals surface area contributed by atoms with Crippen LogP contribution >= 0.6 is 7.82 Å². The summed E-state index contributed by atoms with van der Waals surface area (Å²) in [6, 6.07) is -3.18. The summed E-state index contributed by atoms with van der Waals surface area (Å²) in [5.41, 5.74) is 0. The Kier molecular flexibility index (Phi) is 38.7. The molecule has 32 nitrogen and oxygen atoms in total. The zero-order valence-corrected chi connectivity index (χ0v) is 48.6. The van der Waals surface area contributed by atoms with Gasteiger partial charge in [0.2, 0.25) is 47.3 Å². The van der Waals surface area contributed by atoms with E-state index in [0.717, 1.165) is 0 Å². The Morgan fingerprint density at radius 2 is 0.952 bits per heavy atom. The number of aliphatic hydroxyl groups is 6. The molecule has 83 heavy (non-hydrogen) atoms. The fourth-order valence-electron chi connectivity index (χ4n) is 8.26. The number of aliphatic hydroxyl groups excluding tert-OH is 6. The number of phosphoric ester groups is 1. The van der Waals surface area contributed by atoms with Gasteiger partial charge in [-0.25, -0.2) is 4.57 Å². The summed E-state index contributed by atoms with van der Waals surface area (Å²) in [5.74, 6) is -3.54. The Labute approximate surface area is 482 Å². The number of carbonyl (C=O) groups excluding carboxylic acids is 8. The maximum Gasteiger partial charge on any atom is 0.472 e. The van der Waals surface area contributed by atoms with Crippen molar-refractivity contribution >= 4 is 55.1 Å². The Morgan fingerprint density at radius 1 is 0.506 bits per heavy atom. The van der Waals surface area contributed by atoms with E-state index in [1.807, 2.05) is 0 Å². The van der Waals surface area contributed by atoms with Crippen molar-refractivity contribution in [3.8, 4) is 0 Å². The number of carbonyl (C=O) groups is 8. The second-order valence-electron chi connectivity index (χ2n) is 19.4. The highest BCUT2D eigenvalue weighted by molar-refractivity contribution is 7.47. The third-order valence-corrected chi connectivity index (χ3v) is 13.6. The lowest BCUT2D eigenvalue weighted by molar-refractivity contribution is -0.272. The van der Waals surface area contributed by atoms with Gasteiger partial charge >= 0.3 is 7.82 Å². The van der Waals surface area contributed by atoms with E-state index in [9.17, 15) is 78.5 Å². The minimum Gasteiger partial charge on any atom is -0.394 e.